The van der Waals surface area contributed by atoms with E-state index in [1.807, 2.05) is 13.1 Å². The highest BCUT2D eigenvalue weighted by molar-refractivity contribution is 5.61. The van der Waals surface area contributed by atoms with Gasteiger partial charge in [-0.05, 0) is 46.9 Å². The lowest BCUT2D eigenvalue weighted by atomic mass is 10.00. The molecule has 2 rings (SSSR count). The molecule has 1 aromatic rings. The van der Waals surface area contributed by atoms with Gasteiger partial charge in [-0.15, -0.1) is 0 Å². The Bertz CT molecular complexity index is 488. The third-order valence-electron chi connectivity index (χ3n) is 4.04. The Hall–Kier alpha value is -1.26. The number of morpholine rings is 1. The minimum absolute atomic E-state index is 0.138. The summed E-state index contributed by atoms with van der Waals surface area (Å²) in [6.07, 6.45) is 0.220. The second-order valence-electron chi connectivity index (χ2n) is 6.47. The average molecular weight is 292 g/mol. The van der Waals surface area contributed by atoms with Crippen molar-refractivity contribution in [3.63, 3.8) is 0 Å². The molecule has 1 aromatic carbocycles. The summed E-state index contributed by atoms with van der Waals surface area (Å²) in [4.78, 5) is 2.42. The third-order valence-corrected chi connectivity index (χ3v) is 4.04. The number of hydrogen-bond donors (Lipinski definition) is 1. The molecule has 1 aliphatic rings. The van der Waals surface area contributed by atoms with E-state index in [2.05, 4.69) is 50.0 Å². The summed E-state index contributed by atoms with van der Waals surface area (Å²) in [7, 11) is 3.71. The van der Waals surface area contributed by atoms with Crippen LogP contribution in [-0.4, -0.2) is 39.0 Å². The quantitative estimate of drug-likeness (QED) is 0.925. The molecule has 118 valence electrons. The summed E-state index contributed by atoms with van der Waals surface area (Å²) in [5.74, 6) is 0.936. The lowest BCUT2D eigenvalue weighted by molar-refractivity contribution is -0.0750. The molecule has 4 nitrogen and oxygen atoms in total. The second-order valence-corrected chi connectivity index (χ2v) is 6.47. The van der Waals surface area contributed by atoms with Crippen molar-refractivity contribution in [2.75, 3.05) is 32.1 Å². The molecule has 1 aliphatic heterocycles. The highest BCUT2D eigenvalue weighted by atomic mass is 16.5. The van der Waals surface area contributed by atoms with Crippen LogP contribution in [0.3, 0.4) is 0 Å². The van der Waals surface area contributed by atoms with E-state index in [9.17, 15) is 0 Å². The molecule has 1 saturated heterocycles. The molecule has 1 heterocycles. The van der Waals surface area contributed by atoms with E-state index in [1.54, 1.807) is 7.11 Å². The minimum atomic E-state index is -0.138. The second kappa shape index (κ2) is 6.24. The maximum absolute atomic E-state index is 6.02. The van der Waals surface area contributed by atoms with Gasteiger partial charge in [0.1, 0.15) is 5.75 Å². The highest BCUT2D eigenvalue weighted by Crippen LogP contribution is 2.36. The number of benzene rings is 1. The molecule has 0 aliphatic carbocycles. The first-order valence-corrected chi connectivity index (χ1v) is 7.65. The summed E-state index contributed by atoms with van der Waals surface area (Å²) in [5.41, 5.74) is 2.31. The molecule has 0 saturated carbocycles. The van der Waals surface area contributed by atoms with Crippen LogP contribution in [0.1, 0.15) is 39.3 Å². The van der Waals surface area contributed by atoms with Gasteiger partial charge in [-0.2, -0.15) is 0 Å². The minimum Gasteiger partial charge on any atom is -0.496 e. The van der Waals surface area contributed by atoms with Crippen molar-refractivity contribution < 1.29 is 9.47 Å². The predicted molar refractivity (Wildman–Crippen MR) is 87.3 cm³/mol. The van der Waals surface area contributed by atoms with Crippen LogP contribution in [0, 0.1) is 0 Å². The number of methoxy groups -OCH3 is 1. The third kappa shape index (κ3) is 3.50. The van der Waals surface area contributed by atoms with Crippen LogP contribution in [0.15, 0.2) is 18.2 Å². The molecule has 1 N–H and O–H groups in total. The van der Waals surface area contributed by atoms with Crippen LogP contribution in [0.25, 0.3) is 0 Å². The van der Waals surface area contributed by atoms with Gasteiger partial charge in [-0.25, -0.2) is 0 Å². The summed E-state index contributed by atoms with van der Waals surface area (Å²) >= 11 is 0. The van der Waals surface area contributed by atoms with Crippen LogP contribution in [-0.2, 0) is 4.74 Å². The van der Waals surface area contributed by atoms with Gasteiger partial charge in [0.25, 0.3) is 0 Å². The van der Waals surface area contributed by atoms with Gasteiger partial charge in [0.15, 0.2) is 0 Å². The van der Waals surface area contributed by atoms with Crippen LogP contribution in [0.2, 0.25) is 0 Å². The normalized spacial score (nSPS) is 23.0. The van der Waals surface area contributed by atoms with Gasteiger partial charge in [0.2, 0.25) is 0 Å². The lowest BCUT2D eigenvalue weighted by Crippen LogP contribution is -2.52. The van der Waals surface area contributed by atoms with Crippen molar-refractivity contribution in [2.45, 2.75) is 45.4 Å². The van der Waals surface area contributed by atoms with Gasteiger partial charge >= 0.3 is 0 Å². The molecule has 21 heavy (non-hydrogen) atoms. The summed E-state index contributed by atoms with van der Waals surface area (Å²) in [6.45, 7) is 10.4. The number of rotatable bonds is 4. The van der Waals surface area contributed by atoms with Gasteiger partial charge in [0.05, 0.1) is 18.8 Å². The lowest BCUT2D eigenvalue weighted by Gasteiger charge is -2.44. The average Bonchev–Trinajstić information content (AvgIpc) is 2.43. The van der Waals surface area contributed by atoms with Crippen LogP contribution in [0.5, 0.6) is 5.75 Å². The maximum Gasteiger partial charge on any atom is 0.125 e. The van der Waals surface area contributed by atoms with E-state index in [0.29, 0.717) is 0 Å². The maximum atomic E-state index is 6.02. The zero-order valence-electron chi connectivity index (χ0n) is 14.1. The molecule has 0 radical (unpaired) electrons. The van der Waals surface area contributed by atoms with Crippen molar-refractivity contribution in [1.82, 2.24) is 5.32 Å². The fraction of sp³-hybridized carbons (Fsp3) is 0.647. The fourth-order valence-corrected chi connectivity index (χ4v) is 3.20. The zero-order valence-corrected chi connectivity index (χ0v) is 14.1. The first-order chi connectivity index (χ1) is 9.88. The molecular weight excluding hydrogens is 264 g/mol. The Morgan fingerprint density at radius 3 is 2.71 bits per heavy atom. The van der Waals surface area contributed by atoms with E-state index in [4.69, 9.17) is 9.47 Å². The highest BCUT2D eigenvalue weighted by Gasteiger charge is 2.33. The molecule has 0 aromatic heterocycles. The van der Waals surface area contributed by atoms with E-state index < -0.39 is 0 Å². The van der Waals surface area contributed by atoms with Crippen molar-refractivity contribution in [3.05, 3.63) is 23.8 Å². The van der Waals surface area contributed by atoms with Gasteiger partial charge in [-0.1, -0.05) is 6.07 Å². The van der Waals surface area contributed by atoms with Crippen LogP contribution in [0.4, 0.5) is 5.69 Å². The fourth-order valence-electron chi connectivity index (χ4n) is 3.20. The van der Waals surface area contributed by atoms with Gasteiger partial charge in [0, 0.05) is 30.4 Å². The number of nitrogens with one attached hydrogen (secondary N) is 1. The summed E-state index contributed by atoms with van der Waals surface area (Å²) < 4.78 is 11.6. The first kappa shape index (κ1) is 16.1. The first-order valence-electron chi connectivity index (χ1n) is 7.65. The molecule has 2 unspecified atom stereocenters. The zero-order chi connectivity index (χ0) is 15.6. The van der Waals surface area contributed by atoms with E-state index in [-0.39, 0.29) is 17.7 Å². The van der Waals surface area contributed by atoms with Crippen molar-refractivity contribution in [3.8, 4) is 5.75 Å². The van der Waals surface area contributed by atoms with E-state index in [1.165, 1.54) is 11.3 Å². The van der Waals surface area contributed by atoms with E-state index >= 15 is 0 Å². The molecule has 2 atom stereocenters. The Balaban J connectivity index is 2.43. The molecule has 0 bridgehead atoms. The van der Waals surface area contributed by atoms with Gasteiger partial charge in [-0.3, -0.25) is 0 Å². The van der Waals surface area contributed by atoms with Crippen molar-refractivity contribution >= 4 is 5.69 Å². The SMILES string of the molecule is CNC(C)c1c(OC)cccc1N1CC(C)OC(C)(C)C1. The van der Waals surface area contributed by atoms with Crippen molar-refractivity contribution in [2.24, 2.45) is 0 Å². The van der Waals surface area contributed by atoms with Crippen LogP contribution >= 0.6 is 0 Å². The number of anilines is 1. The Kier molecular flexibility index (Phi) is 4.79. The smallest absolute Gasteiger partial charge is 0.125 e. The predicted octanol–water partition coefficient (Wildman–Crippen LogP) is 2.98. The Morgan fingerprint density at radius 2 is 2.14 bits per heavy atom. The summed E-state index contributed by atoms with van der Waals surface area (Å²) in [5, 5.41) is 3.33. The van der Waals surface area contributed by atoms with Crippen molar-refractivity contribution in [1.29, 1.82) is 0 Å². The molecule has 0 amide bonds. The Labute approximate surface area is 128 Å². The molecule has 0 spiro atoms. The molecule has 1 fully saturated rings. The summed E-state index contributed by atoms with van der Waals surface area (Å²) in [6, 6.07) is 6.51. The number of hydrogen-bond acceptors (Lipinski definition) is 4. The topological polar surface area (TPSA) is 33.7 Å². The standard InChI is InChI=1S/C17H28N2O2/c1-12-10-19(11-17(3,4)21-12)14-8-7-9-15(20-6)16(14)13(2)18-5/h7-9,12-13,18H,10-11H2,1-6H3. The van der Waals surface area contributed by atoms with Gasteiger partial charge < -0.3 is 19.7 Å². The Morgan fingerprint density at radius 1 is 1.43 bits per heavy atom. The largest absolute Gasteiger partial charge is 0.496 e. The molecule has 4 heteroatoms. The number of nitrogens with zero attached hydrogens (tertiary/aromatic N) is 1. The van der Waals surface area contributed by atoms with Crippen LogP contribution < -0.4 is 15.0 Å². The monoisotopic (exact) mass is 292 g/mol. The van der Waals surface area contributed by atoms with E-state index in [0.717, 1.165) is 18.8 Å². The number of ether oxygens (including phenoxy) is 2. The molecular formula is C17H28N2O2.